The van der Waals surface area contributed by atoms with E-state index in [0.717, 1.165) is 45.6 Å². The van der Waals surface area contributed by atoms with E-state index in [1.54, 1.807) is 0 Å². The van der Waals surface area contributed by atoms with E-state index >= 15 is 0 Å². The van der Waals surface area contributed by atoms with Gasteiger partial charge in [-0.3, -0.25) is 10.2 Å². The van der Waals surface area contributed by atoms with Crippen LogP contribution in [0.4, 0.5) is 0 Å². The molecule has 2 aliphatic rings. The third-order valence-electron chi connectivity index (χ3n) is 4.43. The van der Waals surface area contributed by atoms with Gasteiger partial charge in [0.2, 0.25) is 0 Å². The van der Waals surface area contributed by atoms with Crippen LogP contribution in [-0.4, -0.2) is 48.8 Å². The number of nitriles is 1. The van der Waals surface area contributed by atoms with Gasteiger partial charge in [0, 0.05) is 18.6 Å². The molecular weight excluding hydrogens is 238 g/mol. The van der Waals surface area contributed by atoms with Gasteiger partial charge in [-0.1, -0.05) is 6.92 Å². The molecule has 0 bridgehead atoms. The Morgan fingerprint density at radius 3 is 2.84 bits per heavy atom. The van der Waals surface area contributed by atoms with Gasteiger partial charge in [0.15, 0.2) is 0 Å². The van der Waals surface area contributed by atoms with E-state index < -0.39 is 0 Å². The molecule has 1 saturated heterocycles. The smallest absolute Gasteiger partial charge is 0.106 e. The zero-order chi connectivity index (χ0) is 13.7. The number of nitrogens with one attached hydrogen (secondary N) is 1. The van der Waals surface area contributed by atoms with Gasteiger partial charge in [-0.05, 0) is 45.6 Å². The first kappa shape index (κ1) is 14.8. The highest BCUT2D eigenvalue weighted by atomic mass is 16.5. The van der Waals surface area contributed by atoms with Gasteiger partial charge in [0.05, 0.1) is 19.3 Å². The first-order valence-electron chi connectivity index (χ1n) is 7.70. The molecule has 1 aliphatic heterocycles. The van der Waals surface area contributed by atoms with E-state index in [4.69, 9.17) is 4.74 Å². The van der Waals surface area contributed by atoms with Crippen LogP contribution in [0, 0.1) is 11.3 Å². The van der Waals surface area contributed by atoms with E-state index in [0.29, 0.717) is 12.1 Å². The maximum absolute atomic E-state index is 9.50. The summed E-state index contributed by atoms with van der Waals surface area (Å²) in [6.45, 7) is 8.15. The summed E-state index contributed by atoms with van der Waals surface area (Å²) < 4.78 is 5.46. The Kier molecular flexibility index (Phi) is 5.20. The predicted molar refractivity (Wildman–Crippen MR) is 75.9 cm³/mol. The number of nitrogens with zero attached hydrogens (tertiary/aromatic N) is 2. The van der Waals surface area contributed by atoms with Crippen LogP contribution in [0.25, 0.3) is 0 Å². The Hall–Kier alpha value is -0.630. The van der Waals surface area contributed by atoms with Crippen LogP contribution in [0.1, 0.15) is 46.0 Å². The van der Waals surface area contributed by atoms with Gasteiger partial charge in [-0.25, -0.2) is 0 Å². The Bertz CT molecular complexity index is 324. The van der Waals surface area contributed by atoms with Gasteiger partial charge >= 0.3 is 0 Å². The van der Waals surface area contributed by atoms with Crippen LogP contribution in [0.2, 0.25) is 0 Å². The van der Waals surface area contributed by atoms with E-state index in [-0.39, 0.29) is 5.54 Å². The van der Waals surface area contributed by atoms with E-state index in [9.17, 15) is 5.26 Å². The minimum atomic E-state index is -0.295. The molecule has 1 saturated carbocycles. The molecule has 1 aliphatic carbocycles. The van der Waals surface area contributed by atoms with Crippen LogP contribution in [0.15, 0.2) is 0 Å². The molecule has 1 N–H and O–H groups in total. The van der Waals surface area contributed by atoms with Gasteiger partial charge in [-0.2, -0.15) is 5.26 Å². The van der Waals surface area contributed by atoms with Crippen LogP contribution < -0.4 is 5.32 Å². The fraction of sp³-hybridized carbons (Fsp3) is 0.933. The summed E-state index contributed by atoms with van der Waals surface area (Å²) in [6, 6.07) is 3.65. The van der Waals surface area contributed by atoms with Crippen molar-refractivity contribution in [1.29, 1.82) is 5.26 Å². The molecule has 0 aromatic rings. The fourth-order valence-corrected chi connectivity index (χ4v) is 2.81. The minimum Gasteiger partial charge on any atom is -0.379 e. The average molecular weight is 265 g/mol. The highest BCUT2D eigenvalue weighted by Gasteiger charge is 2.34. The molecule has 4 heteroatoms. The van der Waals surface area contributed by atoms with E-state index in [1.807, 2.05) is 0 Å². The standard InChI is InChI=1S/C15H27N3O/c1-3-15(12-16,17-14-5-6-14)7-4-8-18-9-10-19-11-13(18)2/h13-14,17H,3-11H2,1-2H3. The molecule has 0 radical (unpaired) electrons. The van der Waals surface area contributed by atoms with Crippen molar-refractivity contribution in [1.82, 2.24) is 10.2 Å². The van der Waals surface area contributed by atoms with Crippen molar-refractivity contribution < 1.29 is 4.74 Å². The Balaban J connectivity index is 1.76. The first-order valence-corrected chi connectivity index (χ1v) is 7.70. The largest absolute Gasteiger partial charge is 0.379 e. The molecule has 2 rings (SSSR count). The second-order valence-electron chi connectivity index (χ2n) is 6.03. The van der Waals surface area contributed by atoms with Crippen LogP contribution >= 0.6 is 0 Å². The lowest BCUT2D eigenvalue weighted by Crippen LogP contribution is -2.47. The van der Waals surface area contributed by atoms with E-state index in [2.05, 4.69) is 30.1 Å². The monoisotopic (exact) mass is 265 g/mol. The number of hydrogen-bond acceptors (Lipinski definition) is 4. The Labute approximate surface area is 117 Å². The molecule has 19 heavy (non-hydrogen) atoms. The second kappa shape index (κ2) is 6.69. The molecule has 2 unspecified atom stereocenters. The zero-order valence-corrected chi connectivity index (χ0v) is 12.3. The lowest BCUT2D eigenvalue weighted by atomic mass is 9.91. The van der Waals surface area contributed by atoms with Crippen molar-refractivity contribution in [3.05, 3.63) is 0 Å². The first-order chi connectivity index (χ1) is 9.19. The van der Waals surface area contributed by atoms with Gasteiger partial charge in [0.25, 0.3) is 0 Å². The van der Waals surface area contributed by atoms with Crippen LogP contribution in [0.5, 0.6) is 0 Å². The number of ether oxygens (including phenoxy) is 1. The Morgan fingerprint density at radius 1 is 1.47 bits per heavy atom. The minimum absolute atomic E-state index is 0.295. The SMILES string of the molecule is CCC(C#N)(CCCN1CCOCC1C)NC1CC1. The number of hydrogen-bond donors (Lipinski definition) is 1. The van der Waals surface area contributed by atoms with Crippen molar-refractivity contribution in [2.45, 2.75) is 63.6 Å². The average Bonchev–Trinajstić information content (AvgIpc) is 3.23. The summed E-state index contributed by atoms with van der Waals surface area (Å²) in [5.74, 6) is 0. The van der Waals surface area contributed by atoms with Crippen molar-refractivity contribution >= 4 is 0 Å². The lowest BCUT2D eigenvalue weighted by molar-refractivity contribution is -0.00146. The molecule has 0 amide bonds. The van der Waals surface area contributed by atoms with Gasteiger partial charge < -0.3 is 4.74 Å². The van der Waals surface area contributed by atoms with Crippen LogP contribution in [0.3, 0.4) is 0 Å². The lowest BCUT2D eigenvalue weighted by Gasteiger charge is -2.34. The molecule has 1 heterocycles. The Morgan fingerprint density at radius 2 is 2.26 bits per heavy atom. The summed E-state index contributed by atoms with van der Waals surface area (Å²) in [7, 11) is 0. The highest BCUT2D eigenvalue weighted by Crippen LogP contribution is 2.26. The molecule has 2 fully saturated rings. The third-order valence-corrected chi connectivity index (χ3v) is 4.43. The number of morpholine rings is 1. The summed E-state index contributed by atoms with van der Waals surface area (Å²) >= 11 is 0. The van der Waals surface area contributed by atoms with Crippen molar-refractivity contribution in [2.24, 2.45) is 0 Å². The van der Waals surface area contributed by atoms with Gasteiger partial charge in [0.1, 0.15) is 5.54 Å². The fourth-order valence-electron chi connectivity index (χ4n) is 2.81. The summed E-state index contributed by atoms with van der Waals surface area (Å²) in [4.78, 5) is 2.48. The summed E-state index contributed by atoms with van der Waals surface area (Å²) in [5, 5.41) is 13.0. The maximum atomic E-state index is 9.50. The molecule has 2 atom stereocenters. The quantitative estimate of drug-likeness (QED) is 0.764. The highest BCUT2D eigenvalue weighted by molar-refractivity contribution is 5.09. The summed E-state index contributed by atoms with van der Waals surface area (Å²) in [5.41, 5.74) is -0.295. The van der Waals surface area contributed by atoms with Crippen LogP contribution in [-0.2, 0) is 4.74 Å². The maximum Gasteiger partial charge on any atom is 0.106 e. The molecule has 0 aromatic heterocycles. The molecule has 4 nitrogen and oxygen atoms in total. The normalized spacial score (nSPS) is 27.7. The summed E-state index contributed by atoms with van der Waals surface area (Å²) in [6.07, 6.45) is 5.43. The molecule has 0 spiro atoms. The van der Waals surface area contributed by atoms with E-state index in [1.165, 1.54) is 12.8 Å². The zero-order valence-electron chi connectivity index (χ0n) is 12.3. The van der Waals surface area contributed by atoms with Crippen molar-refractivity contribution in [3.63, 3.8) is 0 Å². The second-order valence-corrected chi connectivity index (χ2v) is 6.03. The van der Waals surface area contributed by atoms with Gasteiger partial charge in [-0.15, -0.1) is 0 Å². The molecule has 108 valence electrons. The molecule has 0 aromatic carbocycles. The predicted octanol–water partition coefficient (Wildman–Crippen LogP) is 1.91. The van der Waals surface area contributed by atoms with Crippen molar-refractivity contribution in [2.75, 3.05) is 26.3 Å². The topological polar surface area (TPSA) is 48.3 Å². The molecular formula is C15H27N3O. The third kappa shape index (κ3) is 4.17. The number of rotatable bonds is 7. The van der Waals surface area contributed by atoms with Crippen molar-refractivity contribution in [3.8, 4) is 6.07 Å².